The summed E-state index contributed by atoms with van der Waals surface area (Å²) < 4.78 is 51.9. The molecule has 2 aromatic rings. The van der Waals surface area contributed by atoms with Gasteiger partial charge in [-0.2, -0.15) is 0 Å². The number of ether oxygens (including phenoxy) is 2. The van der Waals surface area contributed by atoms with Gasteiger partial charge in [-0.05, 0) is 57.1 Å². The lowest BCUT2D eigenvalue weighted by atomic mass is 9.94. The molecule has 12 heteroatoms. The van der Waals surface area contributed by atoms with Gasteiger partial charge < -0.3 is 29.5 Å². The molecule has 184 valence electrons. The third-order valence-electron chi connectivity index (χ3n) is 5.03. The van der Waals surface area contributed by atoms with Gasteiger partial charge in [0.25, 0.3) is 5.91 Å². The van der Waals surface area contributed by atoms with Crippen molar-refractivity contribution in [2.45, 2.75) is 39.6 Å². The highest BCUT2D eigenvalue weighted by molar-refractivity contribution is 7.80. The molecule has 0 saturated heterocycles. The third kappa shape index (κ3) is 6.48. The Morgan fingerprint density at radius 3 is 2.59 bits per heavy atom. The quantitative estimate of drug-likeness (QED) is 0.387. The van der Waals surface area contributed by atoms with Crippen LogP contribution in [-0.4, -0.2) is 47.2 Å². The summed E-state index contributed by atoms with van der Waals surface area (Å²) >= 11 is 5.54. The average Bonchev–Trinajstić information content (AvgIpc) is 3.16. The SMILES string of the molecule is CCOCCCN1C(=S)NC(c2ccc(OC(F)(F)F)cc2)C(C(=O)Nc2cc(C)on2)=C1C. The Morgan fingerprint density at radius 1 is 1.29 bits per heavy atom. The van der Waals surface area contributed by atoms with Crippen LogP contribution in [0.25, 0.3) is 0 Å². The fraction of sp³-hybridized carbons (Fsp3) is 0.409. The summed E-state index contributed by atoms with van der Waals surface area (Å²) in [4.78, 5) is 15.1. The molecule has 0 fully saturated rings. The normalized spacial score (nSPS) is 16.5. The van der Waals surface area contributed by atoms with Gasteiger partial charge in [-0.1, -0.05) is 17.3 Å². The number of halogens is 3. The maximum Gasteiger partial charge on any atom is 0.573 e. The first-order valence-corrected chi connectivity index (χ1v) is 11.0. The molecular weight excluding hydrogens is 473 g/mol. The fourth-order valence-electron chi connectivity index (χ4n) is 3.53. The number of amides is 1. The minimum atomic E-state index is -4.80. The predicted molar refractivity (Wildman–Crippen MR) is 122 cm³/mol. The second kappa shape index (κ2) is 10.9. The smallest absolute Gasteiger partial charge is 0.406 e. The van der Waals surface area contributed by atoms with E-state index in [9.17, 15) is 18.0 Å². The van der Waals surface area contributed by atoms with E-state index >= 15 is 0 Å². The number of carbonyl (C=O) groups is 1. The first-order chi connectivity index (χ1) is 16.1. The number of nitrogens with zero attached hydrogens (tertiary/aromatic N) is 2. The van der Waals surface area contributed by atoms with Crippen LogP contribution in [0.4, 0.5) is 19.0 Å². The summed E-state index contributed by atoms with van der Waals surface area (Å²) in [5.41, 5.74) is 1.49. The lowest BCUT2D eigenvalue weighted by Gasteiger charge is -2.38. The van der Waals surface area contributed by atoms with Gasteiger partial charge in [0, 0.05) is 31.5 Å². The lowest BCUT2D eigenvalue weighted by molar-refractivity contribution is -0.274. The summed E-state index contributed by atoms with van der Waals surface area (Å²) in [5, 5.41) is 10.0. The van der Waals surface area contributed by atoms with Gasteiger partial charge in [-0.15, -0.1) is 13.2 Å². The number of aromatic nitrogens is 1. The molecular formula is C22H25F3N4O4S. The van der Waals surface area contributed by atoms with Gasteiger partial charge in [-0.3, -0.25) is 4.79 Å². The van der Waals surface area contributed by atoms with E-state index in [-0.39, 0.29) is 11.6 Å². The van der Waals surface area contributed by atoms with Crippen LogP contribution in [0, 0.1) is 6.92 Å². The second-order valence-corrected chi connectivity index (χ2v) is 7.86. The Labute approximate surface area is 200 Å². The highest BCUT2D eigenvalue weighted by atomic mass is 32.1. The molecule has 0 bridgehead atoms. The fourth-order valence-corrected chi connectivity index (χ4v) is 3.88. The van der Waals surface area contributed by atoms with Crippen LogP contribution in [0.15, 0.2) is 46.1 Å². The predicted octanol–water partition coefficient (Wildman–Crippen LogP) is 4.45. The zero-order valence-electron chi connectivity index (χ0n) is 18.9. The molecule has 1 aliphatic heterocycles. The standard InChI is InChI=1S/C22H25F3N4O4S/c1-4-31-11-5-10-29-14(3)18(20(30)26-17-12-13(2)33-28-17)19(27-21(29)34)15-6-8-16(9-7-15)32-22(23,24)25/h6-9,12,19H,4-5,10-11H2,1-3H3,(H,27,34)(H,26,28,30). The number of hydrogen-bond donors (Lipinski definition) is 2. The van der Waals surface area contributed by atoms with E-state index in [4.69, 9.17) is 21.5 Å². The van der Waals surface area contributed by atoms with E-state index in [0.29, 0.717) is 53.9 Å². The molecule has 0 spiro atoms. The molecule has 0 radical (unpaired) electrons. The van der Waals surface area contributed by atoms with E-state index in [1.165, 1.54) is 24.3 Å². The molecule has 2 N–H and O–H groups in total. The van der Waals surface area contributed by atoms with Crippen LogP contribution in [0.5, 0.6) is 5.75 Å². The van der Waals surface area contributed by atoms with Crippen molar-refractivity contribution in [3.8, 4) is 5.75 Å². The average molecular weight is 499 g/mol. The monoisotopic (exact) mass is 498 g/mol. The van der Waals surface area contributed by atoms with Crippen molar-refractivity contribution in [3.05, 3.63) is 52.9 Å². The van der Waals surface area contributed by atoms with Crippen LogP contribution < -0.4 is 15.4 Å². The molecule has 2 heterocycles. The summed E-state index contributed by atoms with van der Waals surface area (Å²) in [6, 6.07) is 6.15. The molecule has 1 unspecified atom stereocenters. The van der Waals surface area contributed by atoms with Crippen molar-refractivity contribution in [2.24, 2.45) is 0 Å². The number of allylic oxidation sites excluding steroid dienone is 1. The molecule has 3 rings (SSSR count). The zero-order chi connectivity index (χ0) is 24.9. The van der Waals surface area contributed by atoms with E-state index in [0.717, 1.165) is 0 Å². The van der Waals surface area contributed by atoms with Gasteiger partial charge >= 0.3 is 6.36 Å². The molecule has 1 aromatic carbocycles. The summed E-state index contributed by atoms with van der Waals surface area (Å²) in [6.45, 7) is 7.02. The molecule has 0 saturated carbocycles. The number of benzene rings is 1. The number of hydrogen-bond acceptors (Lipinski definition) is 6. The first-order valence-electron chi connectivity index (χ1n) is 10.6. The molecule has 1 amide bonds. The Hall–Kier alpha value is -3.12. The molecule has 0 aliphatic carbocycles. The van der Waals surface area contributed by atoms with Crippen molar-refractivity contribution in [1.82, 2.24) is 15.4 Å². The molecule has 1 aromatic heterocycles. The topological polar surface area (TPSA) is 88.9 Å². The van der Waals surface area contributed by atoms with Gasteiger partial charge in [0.1, 0.15) is 11.5 Å². The van der Waals surface area contributed by atoms with E-state index < -0.39 is 18.3 Å². The third-order valence-corrected chi connectivity index (χ3v) is 5.37. The van der Waals surface area contributed by atoms with Crippen molar-refractivity contribution in [1.29, 1.82) is 0 Å². The van der Waals surface area contributed by atoms with Crippen LogP contribution >= 0.6 is 12.2 Å². The van der Waals surface area contributed by atoms with Crippen LogP contribution in [-0.2, 0) is 9.53 Å². The van der Waals surface area contributed by atoms with E-state index in [2.05, 4.69) is 20.5 Å². The van der Waals surface area contributed by atoms with Crippen molar-refractivity contribution in [3.63, 3.8) is 0 Å². The minimum absolute atomic E-state index is 0.242. The minimum Gasteiger partial charge on any atom is -0.406 e. The van der Waals surface area contributed by atoms with Gasteiger partial charge in [0.05, 0.1) is 11.6 Å². The van der Waals surface area contributed by atoms with Gasteiger partial charge in [0.15, 0.2) is 10.9 Å². The summed E-state index contributed by atoms with van der Waals surface area (Å²) in [7, 11) is 0. The number of aryl methyl sites for hydroxylation is 1. The second-order valence-electron chi connectivity index (χ2n) is 7.48. The number of rotatable bonds is 9. The first kappa shape index (κ1) is 25.5. The number of carbonyl (C=O) groups excluding carboxylic acids is 1. The van der Waals surface area contributed by atoms with Crippen LogP contribution in [0.3, 0.4) is 0 Å². The summed E-state index contributed by atoms with van der Waals surface area (Å²) in [5.74, 6) is -0.0435. The van der Waals surface area contributed by atoms with E-state index in [1.807, 2.05) is 6.92 Å². The van der Waals surface area contributed by atoms with Crippen LogP contribution in [0.2, 0.25) is 0 Å². The highest BCUT2D eigenvalue weighted by Crippen LogP contribution is 2.33. The molecule has 1 atom stereocenters. The van der Waals surface area contributed by atoms with Crippen molar-refractivity contribution < 1.29 is 32.0 Å². The number of nitrogens with one attached hydrogen (secondary N) is 2. The largest absolute Gasteiger partial charge is 0.573 e. The number of alkyl halides is 3. The maximum atomic E-state index is 13.3. The number of thiocarbonyl (C=S) groups is 1. The Kier molecular flexibility index (Phi) is 8.15. The van der Waals surface area contributed by atoms with Gasteiger partial charge in [0.2, 0.25) is 0 Å². The van der Waals surface area contributed by atoms with Crippen molar-refractivity contribution >= 4 is 29.1 Å². The molecule has 34 heavy (non-hydrogen) atoms. The number of anilines is 1. The highest BCUT2D eigenvalue weighted by Gasteiger charge is 2.35. The van der Waals surface area contributed by atoms with Crippen molar-refractivity contribution in [2.75, 3.05) is 25.1 Å². The Bertz CT molecular complexity index is 1050. The zero-order valence-corrected chi connectivity index (χ0v) is 19.7. The summed E-state index contributed by atoms with van der Waals surface area (Å²) in [6.07, 6.45) is -4.12. The van der Waals surface area contributed by atoms with Gasteiger partial charge in [-0.25, -0.2) is 0 Å². The molecule has 8 nitrogen and oxygen atoms in total. The van der Waals surface area contributed by atoms with Crippen LogP contribution in [0.1, 0.15) is 37.6 Å². The Balaban J connectivity index is 1.92. The maximum absolute atomic E-state index is 13.3. The van der Waals surface area contributed by atoms with E-state index in [1.54, 1.807) is 24.8 Å². The molecule has 1 aliphatic rings. The lowest BCUT2D eigenvalue weighted by Crippen LogP contribution is -2.48. The Morgan fingerprint density at radius 2 is 2.00 bits per heavy atom.